The molecule has 8 heteroatoms. The zero-order valence-corrected chi connectivity index (χ0v) is 12.7. The lowest BCUT2D eigenvalue weighted by Gasteiger charge is -2.13. The molecule has 108 valence electrons. The number of alkyl halides is 3. The highest BCUT2D eigenvalue weighted by molar-refractivity contribution is 9.10. The van der Waals surface area contributed by atoms with Crippen LogP contribution in [0, 0.1) is 11.3 Å². The second kappa shape index (κ2) is 6.99. The summed E-state index contributed by atoms with van der Waals surface area (Å²) in [4.78, 5) is 11.2. The largest absolute Gasteiger partial charge is 0.466 e. The molecule has 3 nitrogen and oxygen atoms in total. The van der Waals surface area contributed by atoms with Crippen molar-refractivity contribution in [3.8, 4) is 6.07 Å². The van der Waals surface area contributed by atoms with Crippen LogP contribution in [0.3, 0.4) is 0 Å². The summed E-state index contributed by atoms with van der Waals surface area (Å²) in [5.74, 6) is -0.617. The third kappa shape index (κ3) is 4.72. The summed E-state index contributed by atoms with van der Waals surface area (Å²) in [5, 5.41) is 8.84. The lowest BCUT2D eigenvalue weighted by Crippen LogP contribution is -2.10. The van der Waals surface area contributed by atoms with Gasteiger partial charge in [-0.05, 0) is 46.2 Å². The minimum atomic E-state index is -4.51. The van der Waals surface area contributed by atoms with Crippen molar-refractivity contribution in [1.29, 1.82) is 5.26 Å². The zero-order chi connectivity index (χ0) is 15.3. The van der Waals surface area contributed by atoms with Crippen LogP contribution < -0.4 is 0 Å². The van der Waals surface area contributed by atoms with Crippen LogP contribution in [-0.4, -0.2) is 18.1 Å². The molecule has 0 heterocycles. The maximum atomic E-state index is 12.6. The molecule has 1 aromatic rings. The van der Waals surface area contributed by atoms with Gasteiger partial charge in [0.1, 0.15) is 6.07 Å². The summed E-state index contributed by atoms with van der Waals surface area (Å²) in [7, 11) is 0. The number of nitrogens with zero attached hydrogens (tertiary/aromatic N) is 1. The van der Waals surface area contributed by atoms with E-state index in [1.165, 1.54) is 12.1 Å². The Morgan fingerprint density at radius 2 is 2.15 bits per heavy atom. The number of hydrogen-bond donors (Lipinski definition) is 0. The second-order valence-corrected chi connectivity index (χ2v) is 5.43. The van der Waals surface area contributed by atoms with Gasteiger partial charge in [0.15, 0.2) is 0 Å². The number of thioether (sulfide) groups is 1. The highest BCUT2D eigenvalue weighted by Crippen LogP contribution is 2.43. The summed E-state index contributed by atoms with van der Waals surface area (Å²) >= 11 is 2.62. The van der Waals surface area contributed by atoms with Gasteiger partial charge >= 0.3 is 11.5 Å². The average molecular weight is 368 g/mol. The summed E-state index contributed by atoms with van der Waals surface area (Å²) in [6.07, 6.45) is -0.281. The van der Waals surface area contributed by atoms with E-state index in [1.54, 1.807) is 13.0 Å². The van der Waals surface area contributed by atoms with Gasteiger partial charge in [-0.2, -0.15) is 18.4 Å². The molecular formula is C12H9BrF3NO2S. The molecule has 1 rings (SSSR count). The van der Waals surface area contributed by atoms with Crippen LogP contribution in [-0.2, 0) is 16.0 Å². The van der Waals surface area contributed by atoms with Crippen LogP contribution in [0.25, 0.3) is 0 Å². The van der Waals surface area contributed by atoms with E-state index < -0.39 is 11.5 Å². The molecule has 0 radical (unpaired) electrons. The van der Waals surface area contributed by atoms with Crippen LogP contribution in [0.4, 0.5) is 13.2 Å². The van der Waals surface area contributed by atoms with Gasteiger partial charge < -0.3 is 4.74 Å². The predicted octanol–water partition coefficient (Wildman–Crippen LogP) is 4.04. The molecule has 0 atom stereocenters. The Balaban J connectivity index is 3.20. The average Bonchev–Trinajstić information content (AvgIpc) is 2.33. The van der Waals surface area contributed by atoms with Crippen molar-refractivity contribution in [3.63, 3.8) is 0 Å². The lowest BCUT2D eigenvalue weighted by molar-refractivity contribution is -0.142. The van der Waals surface area contributed by atoms with E-state index in [0.29, 0.717) is 0 Å². The first-order valence-corrected chi connectivity index (χ1v) is 7.02. The number of ether oxygens (including phenoxy) is 1. The van der Waals surface area contributed by atoms with Crippen LogP contribution in [0.2, 0.25) is 0 Å². The maximum absolute atomic E-state index is 12.6. The van der Waals surface area contributed by atoms with Gasteiger partial charge in [0.25, 0.3) is 0 Å². The summed E-state index contributed by atoms with van der Waals surface area (Å²) in [6, 6.07) is 4.47. The Morgan fingerprint density at radius 1 is 1.50 bits per heavy atom. The van der Waals surface area contributed by atoms with E-state index in [4.69, 9.17) is 10.00 Å². The number of halogens is 4. The van der Waals surface area contributed by atoms with Crippen molar-refractivity contribution in [1.82, 2.24) is 0 Å². The van der Waals surface area contributed by atoms with Gasteiger partial charge in [-0.1, -0.05) is 6.07 Å². The van der Waals surface area contributed by atoms with E-state index in [-0.39, 0.29) is 45.3 Å². The Morgan fingerprint density at radius 3 is 2.65 bits per heavy atom. The standard InChI is InChI=1S/C12H9BrF3NO2S/c1-2-19-9(18)5-7-3-4-8(6-17)10(13)11(7)20-12(14,15)16/h3-4H,2,5H2,1H3. The number of rotatable bonds is 4. The van der Waals surface area contributed by atoms with Crippen molar-refractivity contribution in [2.75, 3.05) is 6.61 Å². The molecule has 0 aliphatic rings. The first-order chi connectivity index (χ1) is 9.28. The normalized spacial score (nSPS) is 11.0. The van der Waals surface area contributed by atoms with Gasteiger partial charge in [0.2, 0.25) is 0 Å². The maximum Gasteiger partial charge on any atom is 0.446 e. The number of benzene rings is 1. The minimum absolute atomic E-state index is 0.0316. The quantitative estimate of drug-likeness (QED) is 0.595. The summed E-state index contributed by atoms with van der Waals surface area (Å²) < 4.78 is 42.4. The Bertz CT molecular complexity index is 555. The fourth-order valence-electron chi connectivity index (χ4n) is 1.42. The molecule has 1 aromatic carbocycles. The van der Waals surface area contributed by atoms with E-state index in [0.717, 1.165) is 0 Å². The summed E-state index contributed by atoms with van der Waals surface area (Å²) in [6.45, 7) is 1.76. The first kappa shape index (κ1) is 16.9. The smallest absolute Gasteiger partial charge is 0.446 e. The number of carbonyl (C=O) groups is 1. The fourth-order valence-corrected chi connectivity index (χ4v) is 2.84. The molecule has 0 saturated heterocycles. The molecule has 0 saturated carbocycles. The molecule has 0 amide bonds. The molecule has 0 bridgehead atoms. The van der Waals surface area contributed by atoms with Gasteiger partial charge in [-0.3, -0.25) is 4.79 Å². The number of carbonyl (C=O) groups excluding carboxylic acids is 1. The Labute approximate surface area is 126 Å². The van der Waals surface area contributed by atoms with Crippen molar-refractivity contribution in [2.45, 2.75) is 23.7 Å². The molecule has 0 fully saturated rings. The topological polar surface area (TPSA) is 50.1 Å². The van der Waals surface area contributed by atoms with Crippen molar-refractivity contribution < 1.29 is 22.7 Å². The molecule has 20 heavy (non-hydrogen) atoms. The molecule has 0 spiro atoms. The molecular weight excluding hydrogens is 359 g/mol. The van der Waals surface area contributed by atoms with E-state index in [2.05, 4.69) is 15.9 Å². The predicted molar refractivity (Wildman–Crippen MR) is 71.1 cm³/mol. The van der Waals surface area contributed by atoms with Crippen molar-refractivity contribution >= 4 is 33.7 Å². The molecule has 0 aliphatic heterocycles. The Kier molecular flexibility index (Phi) is 5.89. The number of nitriles is 1. The monoisotopic (exact) mass is 367 g/mol. The highest BCUT2D eigenvalue weighted by Gasteiger charge is 2.32. The number of hydrogen-bond acceptors (Lipinski definition) is 4. The first-order valence-electron chi connectivity index (χ1n) is 5.41. The van der Waals surface area contributed by atoms with E-state index in [1.807, 2.05) is 0 Å². The zero-order valence-electron chi connectivity index (χ0n) is 10.3. The van der Waals surface area contributed by atoms with Crippen LogP contribution in [0.1, 0.15) is 18.1 Å². The van der Waals surface area contributed by atoms with Crippen LogP contribution in [0.5, 0.6) is 0 Å². The second-order valence-electron chi connectivity index (χ2n) is 3.56. The molecule has 0 aliphatic carbocycles. The SMILES string of the molecule is CCOC(=O)Cc1ccc(C#N)c(Br)c1SC(F)(F)F. The molecule has 0 unspecified atom stereocenters. The summed E-state index contributed by atoms with van der Waals surface area (Å²) in [5.41, 5.74) is -4.28. The van der Waals surface area contributed by atoms with Crippen molar-refractivity contribution in [3.05, 3.63) is 27.7 Å². The van der Waals surface area contributed by atoms with Gasteiger partial charge in [0.05, 0.1) is 18.6 Å². The van der Waals surface area contributed by atoms with Crippen LogP contribution >= 0.6 is 27.7 Å². The molecule has 0 aromatic heterocycles. The van der Waals surface area contributed by atoms with Gasteiger partial charge in [-0.25, -0.2) is 0 Å². The minimum Gasteiger partial charge on any atom is -0.466 e. The van der Waals surface area contributed by atoms with Gasteiger partial charge in [-0.15, -0.1) is 0 Å². The van der Waals surface area contributed by atoms with Crippen molar-refractivity contribution in [2.24, 2.45) is 0 Å². The third-order valence-corrected chi connectivity index (χ3v) is 4.15. The highest BCUT2D eigenvalue weighted by atomic mass is 79.9. The Hall–Kier alpha value is -1.20. The molecule has 0 N–H and O–H groups in total. The third-order valence-electron chi connectivity index (χ3n) is 2.16. The van der Waals surface area contributed by atoms with Crippen LogP contribution in [0.15, 0.2) is 21.5 Å². The lowest BCUT2D eigenvalue weighted by atomic mass is 10.1. The fraction of sp³-hybridized carbons (Fsp3) is 0.333. The van der Waals surface area contributed by atoms with Gasteiger partial charge in [0, 0.05) is 9.37 Å². The number of esters is 1. The van der Waals surface area contributed by atoms with E-state index in [9.17, 15) is 18.0 Å². The van der Waals surface area contributed by atoms with E-state index >= 15 is 0 Å².